The standard InChI is InChI=1S/C130H86N8Si2/c1-7-39-91(40-8-1)139(92-41-9-2-10-42-92,93-43-11-3-12-44-93)97-73-77-124(134-116-63-31-21-53-101(116)102-54-22-32-64-117(102)134)109(85-97)89-81-128(136-120-67-35-25-57-105(120)106-58-26-36-68-121(106)136)132-129(82-89)137-122-69-37-27-59-107(122)110-79-87(71-75-125(110)137)88-72-76-126-111(80-88)108-60-28-38-70-123(108)138(126)130-84-90(133-114-61-29-19-51-99(114)100-52-20-30-62-115(100)133)83-113(131-130)112-86-98(74-78-127(112)135-118-65-33-23-55-103(118)104-56-24-34-66-119(104)135)140(94-45-13-4-14-46-94,95-47-15-5-16-48-95)96-49-17-6-18-50-96/h1-86H. The Hall–Kier alpha value is -18.1. The van der Waals surface area contributed by atoms with E-state index in [1.807, 2.05) is 0 Å². The van der Waals surface area contributed by atoms with Crippen LogP contribution in [0.1, 0.15) is 0 Å². The first-order valence-corrected chi connectivity index (χ1v) is 52.2. The highest BCUT2D eigenvalue weighted by molar-refractivity contribution is 7.20. The molecule has 20 aromatic carbocycles. The number of para-hydroxylation sites is 10. The van der Waals surface area contributed by atoms with Crippen molar-refractivity contribution in [2.45, 2.75) is 0 Å². The molecule has 0 radical (unpaired) electrons. The summed E-state index contributed by atoms with van der Waals surface area (Å²) in [5.74, 6) is 2.39. The van der Waals surface area contributed by atoms with Crippen molar-refractivity contribution < 1.29 is 0 Å². The second kappa shape index (κ2) is 32.3. The van der Waals surface area contributed by atoms with Gasteiger partial charge in [0.25, 0.3) is 0 Å². The van der Waals surface area contributed by atoms with Crippen molar-refractivity contribution in [1.29, 1.82) is 0 Å². The SMILES string of the molecule is c1ccc([Si](c2ccccc2)(c2ccccc2)c2ccc(-n3c4ccccc4c4ccccc43)c(-c3cc(-n4c5ccccc5c5ccccc54)nc(-n4c5ccccc5c5cc(-c6ccc7c(c6)c6ccccc6n7-c6cc(-n7c8ccccc8c8ccccc87)cc(-c7cc([Si](c8ccccc8)(c8ccccc8)c8ccccc8)ccc7-n7c8ccccc8c8ccccc87)n6)ccc54)c3)c2)cc1. The van der Waals surface area contributed by atoms with E-state index in [0.29, 0.717) is 0 Å². The summed E-state index contributed by atoms with van der Waals surface area (Å²) >= 11 is 0. The van der Waals surface area contributed by atoms with Crippen LogP contribution in [-0.2, 0) is 0 Å². The minimum atomic E-state index is -3.18. The lowest BCUT2D eigenvalue weighted by atomic mass is 10.0. The van der Waals surface area contributed by atoms with Crippen molar-refractivity contribution in [2.24, 2.45) is 0 Å². The number of rotatable bonds is 17. The van der Waals surface area contributed by atoms with Crippen molar-refractivity contribution in [1.82, 2.24) is 37.4 Å². The molecule has 28 rings (SSSR count). The van der Waals surface area contributed by atoms with Gasteiger partial charge in [-0.05, 0) is 173 Å². The van der Waals surface area contributed by atoms with Crippen LogP contribution < -0.4 is 41.5 Å². The van der Waals surface area contributed by atoms with Crippen molar-refractivity contribution >= 4 is 188 Å². The number of hydrogen-bond acceptors (Lipinski definition) is 2. The molecule has 0 atom stereocenters. The lowest BCUT2D eigenvalue weighted by molar-refractivity contribution is 1.01. The van der Waals surface area contributed by atoms with Crippen molar-refractivity contribution in [2.75, 3.05) is 0 Å². The van der Waals surface area contributed by atoms with Crippen LogP contribution in [-0.4, -0.2) is 53.5 Å². The molecule has 0 saturated carbocycles. The summed E-state index contributed by atoms with van der Waals surface area (Å²) in [4.78, 5) is 12.4. The second-order valence-corrected chi connectivity index (χ2v) is 44.6. The molecule has 10 heteroatoms. The van der Waals surface area contributed by atoms with Crippen LogP contribution in [0.15, 0.2) is 522 Å². The van der Waals surface area contributed by atoms with Gasteiger partial charge in [-0.25, -0.2) is 9.97 Å². The molecule has 0 N–H and O–H groups in total. The Morgan fingerprint density at radius 3 is 0.679 bits per heavy atom. The first-order valence-electron chi connectivity index (χ1n) is 48.2. The predicted molar refractivity (Wildman–Crippen MR) is 592 cm³/mol. The summed E-state index contributed by atoms with van der Waals surface area (Å²) in [5.41, 5.74) is 22.3. The zero-order chi connectivity index (χ0) is 92.1. The number of aromatic nitrogens is 8. The van der Waals surface area contributed by atoms with Gasteiger partial charge in [-0.2, -0.15) is 0 Å². The van der Waals surface area contributed by atoms with Gasteiger partial charge in [0.15, 0.2) is 16.1 Å². The van der Waals surface area contributed by atoms with Gasteiger partial charge < -0.3 is 13.7 Å². The minimum absolute atomic E-state index is 0.792. The highest BCUT2D eigenvalue weighted by atomic mass is 28.3. The topological polar surface area (TPSA) is 55.4 Å². The van der Waals surface area contributed by atoms with Crippen LogP contribution in [0, 0.1) is 0 Å². The Morgan fingerprint density at radius 2 is 0.379 bits per heavy atom. The quantitative estimate of drug-likeness (QED) is 0.0674. The van der Waals surface area contributed by atoms with E-state index < -0.39 is 16.1 Å². The third-order valence-electron chi connectivity index (χ3n) is 29.7. The molecule has 654 valence electrons. The van der Waals surface area contributed by atoms with E-state index in [2.05, 4.69) is 549 Å². The van der Waals surface area contributed by atoms with Gasteiger partial charge in [0, 0.05) is 81.8 Å². The number of benzene rings is 20. The summed E-state index contributed by atoms with van der Waals surface area (Å²) < 4.78 is 14.7. The van der Waals surface area contributed by atoms with Crippen LogP contribution in [0.25, 0.3) is 199 Å². The molecule has 0 saturated heterocycles. The Morgan fingerprint density at radius 1 is 0.143 bits per heavy atom. The minimum Gasteiger partial charge on any atom is -0.309 e. The fraction of sp³-hybridized carbons (Fsp3) is 0. The van der Waals surface area contributed by atoms with Crippen LogP contribution in [0.3, 0.4) is 0 Å². The fourth-order valence-corrected chi connectivity index (χ4v) is 33.3. The van der Waals surface area contributed by atoms with Gasteiger partial charge in [-0.15, -0.1) is 0 Å². The van der Waals surface area contributed by atoms with E-state index in [4.69, 9.17) is 9.97 Å². The smallest absolute Gasteiger partial charge is 0.179 e. The molecule has 8 heterocycles. The Balaban J connectivity index is 0.667. The molecule has 0 fully saturated rings. The van der Waals surface area contributed by atoms with E-state index in [9.17, 15) is 0 Å². The number of nitrogens with zero attached hydrogens (tertiary/aromatic N) is 8. The highest BCUT2D eigenvalue weighted by Gasteiger charge is 2.44. The number of fused-ring (bicyclic) bond motifs is 18. The normalized spacial score (nSPS) is 12.1. The molecule has 0 spiro atoms. The van der Waals surface area contributed by atoms with Crippen LogP contribution in [0.2, 0.25) is 0 Å². The lowest BCUT2D eigenvalue weighted by Crippen LogP contribution is -2.74. The summed E-state index contributed by atoms with van der Waals surface area (Å²) in [6.45, 7) is 0. The maximum absolute atomic E-state index is 6.26. The van der Waals surface area contributed by atoms with Gasteiger partial charge >= 0.3 is 0 Å². The summed E-state index contributed by atoms with van der Waals surface area (Å²) in [5, 5.41) is 24.2. The van der Waals surface area contributed by atoms with E-state index in [-0.39, 0.29) is 0 Å². The highest BCUT2D eigenvalue weighted by Crippen LogP contribution is 2.46. The maximum Gasteiger partial charge on any atom is 0.179 e. The zero-order valence-electron chi connectivity index (χ0n) is 76.2. The Bertz CT molecular complexity index is 8870. The third-order valence-corrected chi connectivity index (χ3v) is 39.3. The Labute approximate surface area is 809 Å². The lowest BCUT2D eigenvalue weighted by Gasteiger charge is -2.35. The molecular formula is C130H86N8Si2. The second-order valence-electron chi connectivity index (χ2n) is 36.9. The largest absolute Gasteiger partial charge is 0.309 e. The van der Waals surface area contributed by atoms with Crippen LogP contribution in [0.4, 0.5) is 0 Å². The summed E-state index contributed by atoms with van der Waals surface area (Å²) in [7, 11) is -6.35. The molecule has 8 nitrogen and oxygen atoms in total. The monoisotopic (exact) mass is 1810 g/mol. The van der Waals surface area contributed by atoms with Crippen LogP contribution >= 0.6 is 0 Å². The zero-order valence-corrected chi connectivity index (χ0v) is 78.2. The van der Waals surface area contributed by atoms with Crippen LogP contribution in [0.5, 0.6) is 0 Å². The van der Waals surface area contributed by atoms with Gasteiger partial charge in [0.2, 0.25) is 0 Å². The molecule has 0 amide bonds. The van der Waals surface area contributed by atoms with Gasteiger partial charge in [0.05, 0.1) is 89.0 Å². The average Bonchev–Trinajstić information content (AvgIpc) is 1.54. The Kier molecular flexibility index (Phi) is 18.6. The summed E-state index contributed by atoms with van der Waals surface area (Å²) in [6, 6.07) is 195. The third kappa shape index (κ3) is 12.3. The first kappa shape index (κ1) is 80.4. The maximum atomic E-state index is 6.26. The molecule has 8 aromatic heterocycles. The summed E-state index contributed by atoms with van der Waals surface area (Å²) in [6.07, 6.45) is 0. The first-order chi connectivity index (χ1) is 69.5. The predicted octanol–water partition coefficient (Wildman–Crippen LogP) is 26.8. The van der Waals surface area contributed by atoms with E-state index >= 15 is 0 Å². The van der Waals surface area contributed by atoms with Gasteiger partial charge in [0.1, 0.15) is 17.5 Å². The van der Waals surface area contributed by atoms with E-state index in [1.165, 1.54) is 73.8 Å². The molecule has 0 aliphatic carbocycles. The molecule has 0 bridgehead atoms. The van der Waals surface area contributed by atoms with E-state index in [0.717, 1.165) is 167 Å². The average molecular weight is 1820 g/mol. The fourth-order valence-electron chi connectivity index (χ4n) is 23.8. The molecule has 0 aliphatic rings. The number of hydrogen-bond donors (Lipinski definition) is 0. The number of pyridine rings is 2. The molecular weight excluding hydrogens is 1730 g/mol. The van der Waals surface area contributed by atoms with E-state index in [1.54, 1.807) is 0 Å². The van der Waals surface area contributed by atoms with Crippen molar-refractivity contribution in [3.63, 3.8) is 0 Å². The molecule has 28 aromatic rings. The molecule has 0 unspecified atom stereocenters. The van der Waals surface area contributed by atoms with Crippen molar-refractivity contribution in [3.05, 3.63) is 522 Å². The van der Waals surface area contributed by atoms with Gasteiger partial charge in [-0.3, -0.25) is 13.7 Å². The molecule has 0 aliphatic heterocycles. The van der Waals surface area contributed by atoms with Gasteiger partial charge in [-0.1, -0.05) is 400 Å². The molecule has 140 heavy (non-hydrogen) atoms. The van der Waals surface area contributed by atoms with Crippen molar-refractivity contribution in [3.8, 4) is 68.0 Å².